The zero-order valence-electron chi connectivity index (χ0n) is 7.91. The van der Waals surface area contributed by atoms with Gasteiger partial charge in [0.05, 0.1) is 13.2 Å². The fourth-order valence-corrected chi connectivity index (χ4v) is 1.04. The van der Waals surface area contributed by atoms with Gasteiger partial charge in [-0.05, 0) is 0 Å². The molecule has 80 valence electrons. The molecule has 0 saturated carbocycles. The van der Waals surface area contributed by atoms with Gasteiger partial charge in [-0.2, -0.15) is 0 Å². The predicted molar refractivity (Wildman–Crippen MR) is 48.6 cm³/mol. The van der Waals surface area contributed by atoms with Crippen LogP contribution >= 0.6 is 0 Å². The molecule has 0 unspecified atom stereocenters. The molecule has 4 nitrogen and oxygen atoms in total. The van der Waals surface area contributed by atoms with Gasteiger partial charge in [0.1, 0.15) is 0 Å². The Kier molecular flexibility index (Phi) is 4.31. The lowest BCUT2D eigenvalue weighted by Gasteiger charge is -2.08. The number of anilines is 1. The minimum absolute atomic E-state index is 0.338. The third kappa shape index (κ3) is 3.29. The van der Waals surface area contributed by atoms with Crippen LogP contribution in [0, 0.1) is 0 Å². The van der Waals surface area contributed by atoms with E-state index in [1.807, 2.05) is 0 Å². The Morgan fingerprint density at radius 1 is 1.64 bits per heavy atom. The molecule has 1 rings (SSSR count). The van der Waals surface area contributed by atoms with E-state index < -0.39 is 6.43 Å². The number of nitrogens with zero attached hydrogens (tertiary/aromatic N) is 2. The molecular weight excluding hydrogens is 192 g/mol. The Hall–Kier alpha value is -1.17. The zero-order valence-corrected chi connectivity index (χ0v) is 7.91. The van der Waals surface area contributed by atoms with Crippen molar-refractivity contribution in [2.75, 3.05) is 25.6 Å². The predicted octanol–water partition coefficient (Wildman–Crippen LogP) is 1.21. The number of methoxy groups -OCH3 is 1. The van der Waals surface area contributed by atoms with Gasteiger partial charge in [0.25, 0.3) is 6.43 Å². The van der Waals surface area contributed by atoms with E-state index in [1.54, 1.807) is 7.11 Å². The highest BCUT2D eigenvalue weighted by molar-refractivity contribution is 5.25. The number of hydrogen-bond acceptors (Lipinski definition) is 3. The summed E-state index contributed by atoms with van der Waals surface area (Å²) in [6, 6.07) is 0. The summed E-state index contributed by atoms with van der Waals surface area (Å²) in [6.07, 6.45) is 0.630. The van der Waals surface area contributed by atoms with Gasteiger partial charge in [-0.1, -0.05) is 0 Å². The average Bonchev–Trinajstić information content (AvgIpc) is 2.52. The minimum Gasteiger partial charge on any atom is -0.383 e. The normalized spacial score (nSPS) is 10.9. The molecule has 0 aliphatic rings. The van der Waals surface area contributed by atoms with Gasteiger partial charge in [0.2, 0.25) is 5.95 Å². The Morgan fingerprint density at radius 2 is 2.43 bits per heavy atom. The maximum Gasteiger partial charge on any atom is 0.256 e. The monoisotopic (exact) mass is 205 g/mol. The Balaban J connectivity index is 2.45. The molecule has 0 aliphatic heterocycles. The number of hydrogen-bond donors (Lipinski definition) is 1. The van der Waals surface area contributed by atoms with E-state index in [9.17, 15) is 8.78 Å². The van der Waals surface area contributed by atoms with Crippen molar-refractivity contribution in [3.8, 4) is 0 Å². The number of aromatic nitrogens is 2. The van der Waals surface area contributed by atoms with Crippen molar-refractivity contribution in [3.05, 3.63) is 12.4 Å². The molecule has 0 radical (unpaired) electrons. The van der Waals surface area contributed by atoms with Crippen LogP contribution in [0.1, 0.15) is 0 Å². The van der Waals surface area contributed by atoms with Gasteiger partial charge in [-0.15, -0.1) is 0 Å². The highest BCUT2D eigenvalue weighted by Gasteiger charge is 2.07. The van der Waals surface area contributed by atoms with E-state index in [4.69, 9.17) is 4.74 Å². The Labute approximate surface area is 80.9 Å². The van der Waals surface area contributed by atoms with Gasteiger partial charge in [-0.3, -0.25) is 0 Å². The van der Waals surface area contributed by atoms with Crippen molar-refractivity contribution < 1.29 is 13.5 Å². The van der Waals surface area contributed by atoms with Gasteiger partial charge >= 0.3 is 0 Å². The zero-order chi connectivity index (χ0) is 10.4. The molecule has 1 heterocycles. The number of imidazole rings is 1. The van der Waals surface area contributed by atoms with E-state index >= 15 is 0 Å². The lowest BCUT2D eigenvalue weighted by atomic mass is 10.6. The van der Waals surface area contributed by atoms with E-state index in [-0.39, 0.29) is 6.54 Å². The second-order valence-corrected chi connectivity index (χ2v) is 2.71. The third-order valence-corrected chi connectivity index (χ3v) is 1.64. The van der Waals surface area contributed by atoms with Crippen LogP contribution in [-0.2, 0) is 11.3 Å². The van der Waals surface area contributed by atoms with Crippen molar-refractivity contribution >= 4 is 5.95 Å². The molecular formula is C8H13F2N3O. The first-order valence-corrected chi connectivity index (χ1v) is 4.26. The van der Waals surface area contributed by atoms with Crippen molar-refractivity contribution in [1.29, 1.82) is 0 Å². The highest BCUT2D eigenvalue weighted by Crippen LogP contribution is 2.07. The second-order valence-electron chi connectivity index (χ2n) is 2.71. The topological polar surface area (TPSA) is 39.1 Å². The number of halogens is 2. The molecule has 6 heteroatoms. The molecule has 0 fully saturated rings. The van der Waals surface area contributed by atoms with Crippen LogP contribution in [0.15, 0.2) is 12.4 Å². The maximum absolute atomic E-state index is 12.1. The summed E-state index contributed by atoms with van der Waals surface area (Å²) in [7, 11) is 1.58. The molecule has 0 aliphatic carbocycles. The molecule has 0 amide bonds. The van der Waals surface area contributed by atoms with E-state index in [2.05, 4.69) is 10.3 Å². The largest absolute Gasteiger partial charge is 0.383 e. The summed E-state index contributed by atoms with van der Waals surface area (Å²) in [4.78, 5) is 3.90. The number of rotatable bonds is 6. The van der Waals surface area contributed by atoms with Crippen LogP contribution in [-0.4, -0.2) is 36.2 Å². The van der Waals surface area contributed by atoms with Crippen LogP contribution in [0.3, 0.4) is 0 Å². The molecule has 14 heavy (non-hydrogen) atoms. The first-order valence-electron chi connectivity index (χ1n) is 4.26. The maximum atomic E-state index is 12.1. The second kappa shape index (κ2) is 5.54. The molecule has 1 N–H and O–H groups in total. The number of ether oxygens (including phenoxy) is 1. The SMILES string of the molecule is COCCNc1nccn1CC(F)F. The smallest absolute Gasteiger partial charge is 0.256 e. The summed E-state index contributed by atoms with van der Waals surface area (Å²) in [5.41, 5.74) is 0. The summed E-state index contributed by atoms with van der Waals surface area (Å²) in [6.45, 7) is 0.730. The van der Waals surface area contributed by atoms with Gasteiger partial charge < -0.3 is 14.6 Å². The Morgan fingerprint density at radius 3 is 3.07 bits per heavy atom. The summed E-state index contributed by atoms with van der Waals surface area (Å²) in [5, 5.41) is 2.89. The van der Waals surface area contributed by atoms with E-state index in [0.717, 1.165) is 0 Å². The van der Waals surface area contributed by atoms with Crippen molar-refractivity contribution in [3.63, 3.8) is 0 Å². The minimum atomic E-state index is -2.37. The molecule has 0 saturated heterocycles. The van der Waals surface area contributed by atoms with Crippen molar-refractivity contribution in [1.82, 2.24) is 9.55 Å². The van der Waals surface area contributed by atoms with Gasteiger partial charge in [-0.25, -0.2) is 13.8 Å². The number of alkyl halides is 2. The van der Waals surface area contributed by atoms with Crippen LogP contribution in [0.2, 0.25) is 0 Å². The van der Waals surface area contributed by atoms with Gasteiger partial charge in [0, 0.05) is 26.0 Å². The van der Waals surface area contributed by atoms with Crippen LogP contribution in [0.25, 0.3) is 0 Å². The first-order chi connectivity index (χ1) is 6.74. The fourth-order valence-electron chi connectivity index (χ4n) is 1.04. The summed E-state index contributed by atoms with van der Waals surface area (Å²) >= 11 is 0. The van der Waals surface area contributed by atoms with Crippen molar-refractivity contribution in [2.45, 2.75) is 13.0 Å². The standard InChI is InChI=1S/C8H13F2N3O/c1-14-5-3-12-8-11-2-4-13(8)6-7(9)10/h2,4,7H,3,5-6H2,1H3,(H,11,12). The molecule has 0 spiro atoms. The first kappa shape index (κ1) is 10.9. The molecule has 1 aromatic rings. The van der Waals surface area contributed by atoms with Crippen molar-refractivity contribution in [2.24, 2.45) is 0 Å². The van der Waals surface area contributed by atoms with Crippen LogP contribution in [0.5, 0.6) is 0 Å². The quantitative estimate of drug-likeness (QED) is 0.709. The highest BCUT2D eigenvalue weighted by atomic mass is 19.3. The molecule has 0 aromatic carbocycles. The Bertz CT molecular complexity index is 265. The summed E-state index contributed by atoms with van der Waals surface area (Å²) < 4.78 is 30.3. The molecule has 0 atom stereocenters. The van der Waals surface area contributed by atoms with E-state index in [1.165, 1.54) is 17.0 Å². The summed E-state index contributed by atoms with van der Waals surface area (Å²) in [5.74, 6) is 0.447. The average molecular weight is 205 g/mol. The number of nitrogens with one attached hydrogen (secondary N) is 1. The molecule has 1 aromatic heterocycles. The third-order valence-electron chi connectivity index (χ3n) is 1.64. The lowest BCUT2D eigenvalue weighted by Crippen LogP contribution is -2.14. The van der Waals surface area contributed by atoms with E-state index in [0.29, 0.717) is 19.1 Å². The fraction of sp³-hybridized carbons (Fsp3) is 0.625. The molecule has 0 bridgehead atoms. The van der Waals surface area contributed by atoms with Crippen LogP contribution in [0.4, 0.5) is 14.7 Å². The lowest BCUT2D eigenvalue weighted by molar-refractivity contribution is 0.127. The van der Waals surface area contributed by atoms with Crippen LogP contribution < -0.4 is 5.32 Å². The van der Waals surface area contributed by atoms with Gasteiger partial charge in [0.15, 0.2) is 0 Å².